The van der Waals surface area contributed by atoms with Gasteiger partial charge in [0.2, 0.25) is 5.91 Å². The van der Waals surface area contributed by atoms with Crippen molar-refractivity contribution in [1.29, 1.82) is 5.26 Å². The van der Waals surface area contributed by atoms with Crippen molar-refractivity contribution in [1.82, 2.24) is 4.90 Å². The minimum Gasteiger partial charge on any atom is -0.483 e. The zero-order valence-corrected chi connectivity index (χ0v) is 18.5. The van der Waals surface area contributed by atoms with Crippen LogP contribution in [-0.4, -0.2) is 17.4 Å². The van der Waals surface area contributed by atoms with Crippen LogP contribution < -0.4 is 4.74 Å². The number of benzene rings is 4. The number of fused-ring (bicyclic) bond motifs is 1. The average Bonchev–Trinajstić information content (AvgIpc) is 3.30. The van der Waals surface area contributed by atoms with E-state index in [0.29, 0.717) is 24.3 Å². The lowest BCUT2D eigenvalue weighted by Gasteiger charge is -2.36. The Balaban J connectivity index is 1.69. The number of likely N-dealkylation sites (tertiary alicyclic amines) is 1. The van der Waals surface area contributed by atoms with Crippen LogP contribution in [-0.2, 0) is 4.79 Å². The van der Waals surface area contributed by atoms with Gasteiger partial charge in [-0.05, 0) is 59.2 Å². The Bertz CT molecular complexity index is 1350. The molecule has 1 aliphatic rings. The van der Waals surface area contributed by atoms with E-state index in [1.54, 1.807) is 36.4 Å². The first kappa shape index (κ1) is 21.7. The van der Waals surface area contributed by atoms with Gasteiger partial charge in [-0.15, -0.1) is 0 Å². The van der Waals surface area contributed by atoms with Crippen LogP contribution in [0, 0.1) is 17.1 Å². The molecule has 1 aliphatic heterocycles. The molecule has 0 aromatic heterocycles. The van der Waals surface area contributed by atoms with Crippen molar-refractivity contribution in [3.8, 4) is 11.8 Å². The zero-order chi connectivity index (χ0) is 23.5. The fourth-order valence-electron chi connectivity index (χ4n) is 4.69. The molecule has 5 rings (SSSR count). The molecule has 4 nitrogen and oxygen atoms in total. The smallest absolute Gasteiger partial charge is 0.223 e. The number of hydrogen-bond acceptors (Lipinski definition) is 3. The van der Waals surface area contributed by atoms with Crippen LogP contribution in [0.15, 0.2) is 91.0 Å². The van der Waals surface area contributed by atoms with Crippen molar-refractivity contribution in [3.05, 3.63) is 114 Å². The van der Waals surface area contributed by atoms with Crippen LogP contribution in [0.3, 0.4) is 0 Å². The number of hydrogen-bond donors (Lipinski definition) is 0. The van der Waals surface area contributed by atoms with Crippen LogP contribution in [0.5, 0.6) is 5.75 Å². The number of ether oxygens (including phenoxy) is 1. The quantitative estimate of drug-likeness (QED) is 0.345. The monoisotopic (exact) mass is 450 g/mol. The Morgan fingerprint density at radius 1 is 0.912 bits per heavy atom. The Kier molecular flexibility index (Phi) is 5.97. The lowest BCUT2D eigenvalue weighted by atomic mass is 9.91. The number of nitrogens with zero attached hydrogens (tertiary/aromatic N) is 2. The predicted molar refractivity (Wildman–Crippen MR) is 129 cm³/mol. The van der Waals surface area contributed by atoms with Gasteiger partial charge in [0.1, 0.15) is 17.7 Å². The minimum atomic E-state index is -0.549. The molecule has 1 amide bonds. The van der Waals surface area contributed by atoms with E-state index in [0.717, 1.165) is 28.3 Å². The highest BCUT2D eigenvalue weighted by atomic mass is 19.1. The standard InChI is InChI=1S/C29H23FN2O2/c30-23-14-12-22(13-15-23)28(32-18-4-9-27(32)33)29(34-24-16-10-20(19-31)11-17-24)26-8-3-6-21-5-1-2-7-25(21)26/h1-3,5-8,10-17,28-29H,4,9,18H2/t28-,29-/m0/s1. The number of rotatable bonds is 6. The van der Waals surface area contributed by atoms with Crippen molar-refractivity contribution < 1.29 is 13.9 Å². The fourth-order valence-corrected chi connectivity index (χ4v) is 4.69. The predicted octanol–water partition coefficient (Wildman–Crippen LogP) is 6.33. The van der Waals surface area contributed by atoms with Crippen LogP contribution in [0.2, 0.25) is 0 Å². The minimum absolute atomic E-state index is 0.0583. The molecule has 0 saturated carbocycles. The van der Waals surface area contributed by atoms with E-state index in [1.807, 2.05) is 47.4 Å². The second-order valence-corrected chi connectivity index (χ2v) is 8.43. The fraction of sp³-hybridized carbons (Fsp3) is 0.172. The largest absolute Gasteiger partial charge is 0.483 e. The van der Waals surface area contributed by atoms with E-state index < -0.39 is 12.1 Å². The molecule has 1 heterocycles. The van der Waals surface area contributed by atoms with Crippen molar-refractivity contribution in [2.75, 3.05) is 6.54 Å². The summed E-state index contributed by atoms with van der Waals surface area (Å²) in [6, 6.07) is 29.1. The van der Waals surface area contributed by atoms with Gasteiger partial charge < -0.3 is 9.64 Å². The van der Waals surface area contributed by atoms with Gasteiger partial charge in [0, 0.05) is 18.5 Å². The molecule has 34 heavy (non-hydrogen) atoms. The number of nitriles is 1. The summed E-state index contributed by atoms with van der Waals surface area (Å²) in [5.74, 6) is 0.323. The molecule has 0 spiro atoms. The summed E-state index contributed by atoms with van der Waals surface area (Å²) in [7, 11) is 0. The molecule has 4 aromatic carbocycles. The molecule has 1 fully saturated rings. The normalized spacial score (nSPS) is 15.2. The highest BCUT2D eigenvalue weighted by Gasteiger charge is 2.37. The van der Waals surface area contributed by atoms with Gasteiger partial charge in [0.25, 0.3) is 0 Å². The second-order valence-electron chi connectivity index (χ2n) is 8.43. The molecular formula is C29H23FN2O2. The second kappa shape index (κ2) is 9.36. The first-order chi connectivity index (χ1) is 16.6. The maximum atomic E-state index is 13.8. The number of carbonyl (C=O) groups is 1. The number of halogens is 1. The summed E-state index contributed by atoms with van der Waals surface area (Å²) >= 11 is 0. The molecule has 0 N–H and O–H groups in total. The van der Waals surface area contributed by atoms with E-state index in [-0.39, 0.29) is 11.7 Å². The highest BCUT2D eigenvalue weighted by molar-refractivity contribution is 5.86. The summed E-state index contributed by atoms with van der Waals surface area (Å²) in [4.78, 5) is 14.8. The third-order valence-electron chi connectivity index (χ3n) is 6.32. The van der Waals surface area contributed by atoms with Gasteiger partial charge in [-0.25, -0.2) is 4.39 Å². The van der Waals surface area contributed by atoms with Gasteiger partial charge in [-0.2, -0.15) is 5.26 Å². The summed E-state index contributed by atoms with van der Waals surface area (Å²) in [6.07, 6.45) is 0.707. The molecule has 2 atom stereocenters. The van der Waals surface area contributed by atoms with Crippen LogP contribution >= 0.6 is 0 Å². The molecule has 4 aromatic rings. The molecule has 0 radical (unpaired) electrons. The van der Waals surface area contributed by atoms with Crippen molar-refractivity contribution in [3.63, 3.8) is 0 Å². The average molecular weight is 451 g/mol. The Morgan fingerprint density at radius 2 is 1.65 bits per heavy atom. The van der Waals surface area contributed by atoms with Gasteiger partial charge >= 0.3 is 0 Å². The van der Waals surface area contributed by atoms with Crippen LogP contribution in [0.1, 0.15) is 41.7 Å². The summed E-state index contributed by atoms with van der Waals surface area (Å²) in [6.45, 7) is 0.610. The maximum Gasteiger partial charge on any atom is 0.223 e. The van der Waals surface area contributed by atoms with E-state index in [1.165, 1.54) is 12.1 Å². The molecule has 5 heteroatoms. The lowest BCUT2D eigenvalue weighted by molar-refractivity contribution is -0.131. The molecule has 0 bridgehead atoms. The van der Waals surface area contributed by atoms with Crippen LogP contribution in [0.4, 0.5) is 4.39 Å². The van der Waals surface area contributed by atoms with Crippen molar-refractivity contribution in [2.24, 2.45) is 0 Å². The molecule has 1 saturated heterocycles. The van der Waals surface area contributed by atoms with E-state index in [4.69, 9.17) is 4.74 Å². The Morgan fingerprint density at radius 3 is 2.35 bits per heavy atom. The number of amides is 1. The van der Waals surface area contributed by atoms with E-state index >= 15 is 0 Å². The first-order valence-corrected chi connectivity index (χ1v) is 11.3. The maximum absolute atomic E-state index is 13.8. The van der Waals surface area contributed by atoms with Gasteiger partial charge in [-0.1, -0.05) is 54.6 Å². The Labute approximate surface area is 197 Å². The molecule has 0 unspecified atom stereocenters. The Hall–Kier alpha value is -4.17. The van der Waals surface area contributed by atoms with Crippen molar-refractivity contribution in [2.45, 2.75) is 25.0 Å². The van der Waals surface area contributed by atoms with Gasteiger partial charge in [0.15, 0.2) is 0 Å². The van der Waals surface area contributed by atoms with E-state index in [2.05, 4.69) is 6.07 Å². The first-order valence-electron chi connectivity index (χ1n) is 11.3. The highest BCUT2D eigenvalue weighted by Crippen LogP contribution is 2.42. The van der Waals surface area contributed by atoms with E-state index in [9.17, 15) is 14.4 Å². The third-order valence-corrected chi connectivity index (χ3v) is 6.32. The molecule has 168 valence electrons. The molecular weight excluding hydrogens is 427 g/mol. The van der Waals surface area contributed by atoms with Crippen molar-refractivity contribution >= 4 is 16.7 Å². The summed E-state index contributed by atoms with van der Waals surface area (Å²) in [5.41, 5.74) is 2.29. The summed E-state index contributed by atoms with van der Waals surface area (Å²) in [5, 5.41) is 11.3. The van der Waals surface area contributed by atoms with Gasteiger partial charge in [-0.3, -0.25) is 4.79 Å². The number of carbonyl (C=O) groups excluding carboxylic acids is 1. The summed E-state index contributed by atoms with van der Waals surface area (Å²) < 4.78 is 20.4. The SMILES string of the molecule is N#Cc1ccc(O[C@@H](c2cccc3ccccc23)[C@H](c2ccc(F)cc2)N2CCCC2=O)cc1. The van der Waals surface area contributed by atoms with Gasteiger partial charge in [0.05, 0.1) is 17.7 Å². The van der Waals surface area contributed by atoms with Crippen LogP contribution in [0.25, 0.3) is 10.8 Å². The lowest BCUT2D eigenvalue weighted by Crippen LogP contribution is -2.36. The third kappa shape index (κ3) is 4.23. The topological polar surface area (TPSA) is 53.3 Å². The zero-order valence-electron chi connectivity index (χ0n) is 18.5. The molecule has 0 aliphatic carbocycles.